The molecule has 2 aliphatic heterocycles. The maximum Gasteiger partial charge on any atom is 0.416 e. The highest BCUT2D eigenvalue weighted by atomic mass is 19.4. The third kappa shape index (κ3) is 4.61. The Bertz CT molecular complexity index is 1230. The third-order valence-electron chi connectivity index (χ3n) is 7.22. The van der Waals surface area contributed by atoms with Gasteiger partial charge in [-0.3, -0.25) is 4.79 Å². The van der Waals surface area contributed by atoms with Gasteiger partial charge in [-0.25, -0.2) is 4.39 Å². The number of aromatic nitrogens is 3. The van der Waals surface area contributed by atoms with Gasteiger partial charge in [0.1, 0.15) is 18.5 Å². The van der Waals surface area contributed by atoms with Crippen LogP contribution in [0.25, 0.3) is 0 Å². The van der Waals surface area contributed by atoms with Gasteiger partial charge >= 0.3 is 6.18 Å². The average molecular weight is 503 g/mol. The molecular weight excluding hydrogens is 476 g/mol. The van der Waals surface area contributed by atoms with Crippen LogP contribution in [0.3, 0.4) is 0 Å². The lowest BCUT2D eigenvalue weighted by Gasteiger charge is -2.39. The minimum atomic E-state index is -4.47. The van der Waals surface area contributed by atoms with Crippen LogP contribution < -0.4 is 0 Å². The Kier molecular flexibility index (Phi) is 6.32. The van der Waals surface area contributed by atoms with Crippen LogP contribution >= 0.6 is 0 Å². The van der Waals surface area contributed by atoms with E-state index in [0.29, 0.717) is 24.0 Å². The molecule has 36 heavy (non-hydrogen) atoms. The quantitative estimate of drug-likeness (QED) is 0.449. The second-order valence-corrected chi connectivity index (χ2v) is 9.58. The van der Waals surface area contributed by atoms with E-state index in [0.717, 1.165) is 17.7 Å². The van der Waals surface area contributed by atoms with Crippen molar-refractivity contribution < 1.29 is 27.1 Å². The van der Waals surface area contributed by atoms with Crippen LogP contribution in [0.15, 0.2) is 55.1 Å². The topological polar surface area (TPSA) is 60.2 Å². The Balaban J connectivity index is 1.51. The number of rotatable bonds is 5. The van der Waals surface area contributed by atoms with Gasteiger partial charge in [0, 0.05) is 18.9 Å². The van der Waals surface area contributed by atoms with E-state index in [2.05, 4.69) is 10.2 Å². The molecule has 6 nitrogen and oxygen atoms in total. The van der Waals surface area contributed by atoms with Gasteiger partial charge in [-0.1, -0.05) is 23.8 Å². The molecule has 3 aromatic rings. The summed E-state index contributed by atoms with van der Waals surface area (Å²) in [4.78, 5) is 14.8. The van der Waals surface area contributed by atoms with Gasteiger partial charge in [-0.05, 0) is 55.7 Å². The lowest BCUT2D eigenvalue weighted by molar-refractivity contribution is -0.138. The first-order chi connectivity index (χ1) is 17.1. The van der Waals surface area contributed by atoms with E-state index in [9.17, 15) is 22.4 Å². The third-order valence-corrected chi connectivity index (χ3v) is 7.22. The number of aryl methyl sites for hydroxylation is 1. The standard InChI is InChI=1S/C26H26F4N4O2/c1-15-9-18(11-19(10-15)26(28,29)30)16(2)36-22-12-34-23(35)8-7-21(33-13-31-32-14-33)25(34)24(22)17-3-5-20(27)6-4-17/h3-6,9-11,13-14,16,21-22,24-25H,7-8,12H2,1-2H3/t16-,21?,22+,24-,25?/m1/s1. The molecule has 2 saturated heterocycles. The molecule has 2 aromatic carbocycles. The van der Waals surface area contributed by atoms with Crippen LogP contribution in [0, 0.1) is 12.7 Å². The number of hydrogen-bond acceptors (Lipinski definition) is 4. The molecule has 0 bridgehead atoms. The largest absolute Gasteiger partial charge is 0.416 e. The molecule has 2 aliphatic rings. The molecule has 0 N–H and O–H groups in total. The highest BCUT2D eigenvalue weighted by Crippen LogP contribution is 2.46. The number of amides is 1. The highest BCUT2D eigenvalue weighted by molar-refractivity contribution is 5.78. The summed E-state index contributed by atoms with van der Waals surface area (Å²) in [6.07, 6.45) is -1.47. The molecule has 3 heterocycles. The molecule has 1 aromatic heterocycles. The Hall–Kier alpha value is -3.27. The monoisotopic (exact) mass is 502 g/mol. The van der Waals surface area contributed by atoms with Crippen LogP contribution in [0.4, 0.5) is 17.6 Å². The molecule has 10 heteroatoms. The summed E-state index contributed by atoms with van der Waals surface area (Å²) in [5.74, 6) is -0.712. The number of piperidine rings is 1. The van der Waals surface area contributed by atoms with Gasteiger partial charge in [-0.15, -0.1) is 10.2 Å². The lowest BCUT2D eigenvalue weighted by Crippen LogP contribution is -2.47. The predicted molar refractivity (Wildman–Crippen MR) is 122 cm³/mol. The van der Waals surface area contributed by atoms with Crippen LogP contribution in [0.2, 0.25) is 0 Å². The zero-order chi connectivity index (χ0) is 25.6. The summed E-state index contributed by atoms with van der Waals surface area (Å²) in [5, 5.41) is 7.84. The molecule has 0 saturated carbocycles. The molecule has 0 aliphatic carbocycles. The summed E-state index contributed by atoms with van der Waals surface area (Å²) in [7, 11) is 0. The number of nitrogens with zero attached hydrogens (tertiary/aromatic N) is 4. The fourth-order valence-corrected chi connectivity index (χ4v) is 5.63. The summed E-state index contributed by atoms with van der Waals surface area (Å²) < 4.78 is 62.3. The molecule has 190 valence electrons. The molecular formula is C26H26F4N4O2. The Labute approximate surface area is 205 Å². The Morgan fingerprint density at radius 2 is 1.78 bits per heavy atom. The maximum atomic E-state index is 13.8. The minimum absolute atomic E-state index is 0.00916. The van der Waals surface area contributed by atoms with Crippen molar-refractivity contribution in [3.8, 4) is 0 Å². The molecule has 2 unspecified atom stereocenters. The van der Waals surface area contributed by atoms with Crippen molar-refractivity contribution in [3.63, 3.8) is 0 Å². The molecule has 5 rings (SSSR count). The fraction of sp³-hybridized carbons (Fsp3) is 0.423. The van der Waals surface area contributed by atoms with Crippen molar-refractivity contribution in [2.24, 2.45) is 0 Å². The smallest absolute Gasteiger partial charge is 0.368 e. The summed E-state index contributed by atoms with van der Waals surface area (Å²) >= 11 is 0. The number of halogens is 4. The van der Waals surface area contributed by atoms with Crippen LogP contribution in [0.5, 0.6) is 0 Å². The molecule has 2 fully saturated rings. The second-order valence-electron chi connectivity index (χ2n) is 9.58. The van der Waals surface area contributed by atoms with Crippen LogP contribution in [-0.4, -0.2) is 44.3 Å². The number of carbonyl (C=O) groups excluding carboxylic acids is 1. The van der Waals surface area contributed by atoms with Crippen molar-refractivity contribution in [2.45, 2.75) is 63.1 Å². The molecule has 1 amide bonds. The van der Waals surface area contributed by atoms with Crippen molar-refractivity contribution >= 4 is 5.91 Å². The fourth-order valence-electron chi connectivity index (χ4n) is 5.63. The Morgan fingerprint density at radius 3 is 2.44 bits per heavy atom. The number of ether oxygens (including phenoxy) is 1. The molecule has 5 atom stereocenters. The van der Waals surface area contributed by atoms with Gasteiger partial charge in [0.2, 0.25) is 5.91 Å². The van der Waals surface area contributed by atoms with Gasteiger partial charge in [-0.2, -0.15) is 13.2 Å². The van der Waals surface area contributed by atoms with Crippen molar-refractivity contribution in [2.75, 3.05) is 6.54 Å². The lowest BCUT2D eigenvalue weighted by atomic mass is 9.82. The van der Waals surface area contributed by atoms with Crippen LogP contribution in [0.1, 0.15) is 60.1 Å². The van der Waals surface area contributed by atoms with E-state index in [1.807, 2.05) is 4.57 Å². The Morgan fingerprint density at radius 1 is 1.08 bits per heavy atom. The molecule has 0 radical (unpaired) electrons. The van der Waals surface area contributed by atoms with Gasteiger partial charge < -0.3 is 14.2 Å². The minimum Gasteiger partial charge on any atom is -0.368 e. The second kappa shape index (κ2) is 9.31. The van der Waals surface area contributed by atoms with E-state index in [4.69, 9.17) is 4.74 Å². The number of fused-ring (bicyclic) bond motifs is 1. The van der Waals surface area contributed by atoms with E-state index >= 15 is 0 Å². The van der Waals surface area contributed by atoms with E-state index in [1.165, 1.54) is 12.1 Å². The van der Waals surface area contributed by atoms with E-state index < -0.39 is 23.9 Å². The first-order valence-corrected chi connectivity index (χ1v) is 11.8. The van der Waals surface area contributed by atoms with E-state index in [1.54, 1.807) is 49.6 Å². The zero-order valence-electron chi connectivity index (χ0n) is 19.8. The van der Waals surface area contributed by atoms with Gasteiger partial charge in [0.15, 0.2) is 0 Å². The first-order valence-electron chi connectivity index (χ1n) is 11.8. The summed E-state index contributed by atoms with van der Waals surface area (Å²) in [6.45, 7) is 3.62. The summed E-state index contributed by atoms with van der Waals surface area (Å²) in [6, 6.07) is 9.58. The highest BCUT2D eigenvalue weighted by Gasteiger charge is 2.51. The average Bonchev–Trinajstić information content (AvgIpc) is 3.48. The van der Waals surface area contributed by atoms with Gasteiger partial charge in [0.25, 0.3) is 0 Å². The first kappa shape index (κ1) is 24.4. The van der Waals surface area contributed by atoms with Crippen LogP contribution in [-0.2, 0) is 15.7 Å². The van der Waals surface area contributed by atoms with Crippen molar-refractivity contribution in [1.29, 1.82) is 0 Å². The number of hydrogen-bond donors (Lipinski definition) is 0. The predicted octanol–water partition coefficient (Wildman–Crippen LogP) is 5.22. The van der Waals surface area contributed by atoms with Crippen molar-refractivity contribution in [3.05, 3.63) is 83.2 Å². The number of benzene rings is 2. The normalized spacial score (nSPS) is 25.2. The summed E-state index contributed by atoms with van der Waals surface area (Å²) in [5.41, 5.74) is 0.965. The van der Waals surface area contributed by atoms with Crippen molar-refractivity contribution in [1.82, 2.24) is 19.7 Å². The maximum absolute atomic E-state index is 13.8. The zero-order valence-corrected chi connectivity index (χ0v) is 19.8. The number of alkyl halides is 3. The SMILES string of the molecule is Cc1cc([C@@H](C)O[C@H]2CN3C(=O)CCC(n4cnnc4)C3[C@@H]2c2ccc(F)cc2)cc(C(F)(F)F)c1. The van der Waals surface area contributed by atoms with Gasteiger partial charge in [0.05, 0.1) is 29.9 Å². The van der Waals surface area contributed by atoms with E-state index in [-0.39, 0.29) is 36.3 Å². The molecule has 0 spiro atoms. The number of carbonyl (C=O) groups is 1.